The van der Waals surface area contributed by atoms with Crippen molar-refractivity contribution >= 4 is 21.6 Å². The molecule has 0 spiro atoms. The molecule has 0 bridgehead atoms. The number of rotatable bonds is 6. The predicted molar refractivity (Wildman–Crippen MR) is 116 cm³/mol. The molecule has 2 saturated heterocycles. The van der Waals surface area contributed by atoms with Crippen LogP contribution in [-0.2, 0) is 14.8 Å². The number of carbonyl (C=O) groups excluding carboxylic acids is 2. The molecule has 1 aliphatic carbocycles. The SMILES string of the molecule is O=C1C(N2CCCCCC2)=C(S(=O)(=O)NCCN2CCOCC2)C(=O)c2ccccc21. The molecule has 168 valence electrons. The van der Waals surface area contributed by atoms with E-state index < -0.39 is 20.7 Å². The Labute approximate surface area is 183 Å². The van der Waals surface area contributed by atoms with Gasteiger partial charge in [-0.3, -0.25) is 14.5 Å². The quantitative estimate of drug-likeness (QED) is 0.704. The molecular formula is C22H29N3O5S. The van der Waals surface area contributed by atoms with E-state index in [0.29, 0.717) is 32.8 Å². The van der Waals surface area contributed by atoms with Crippen molar-refractivity contribution in [2.45, 2.75) is 25.7 Å². The van der Waals surface area contributed by atoms with Gasteiger partial charge in [-0.05, 0) is 12.8 Å². The molecule has 4 rings (SSSR count). The fourth-order valence-electron chi connectivity index (χ4n) is 4.41. The van der Waals surface area contributed by atoms with Crippen molar-refractivity contribution in [2.75, 3.05) is 52.5 Å². The van der Waals surface area contributed by atoms with Crippen LogP contribution in [0.3, 0.4) is 0 Å². The van der Waals surface area contributed by atoms with Crippen molar-refractivity contribution in [1.82, 2.24) is 14.5 Å². The number of ketones is 2. The van der Waals surface area contributed by atoms with Crippen LogP contribution in [0.15, 0.2) is 34.9 Å². The van der Waals surface area contributed by atoms with Crippen LogP contribution in [0.2, 0.25) is 0 Å². The van der Waals surface area contributed by atoms with Crippen LogP contribution in [0, 0.1) is 0 Å². The monoisotopic (exact) mass is 447 g/mol. The number of morpholine rings is 1. The first-order chi connectivity index (χ1) is 15.0. The Kier molecular flexibility index (Phi) is 6.86. The number of sulfonamides is 1. The molecule has 2 heterocycles. The summed E-state index contributed by atoms with van der Waals surface area (Å²) < 4.78 is 34.5. The van der Waals surface area contributed by atoms with Gasteiger partial charge >= 0.3 is 0 Å². The Morgan fingerprint density at radius 3 is 2.13 bits per heavy atom. The maximum absolute atomic E-state index is 13.4. The molecule has 9 heteroatoms. The molecule has 2 fully saturated rings. The number of nitrogens with zero attached hydrogens (tertiary/aromatic N) is 2. The lowest BCUT2D eigenvalue weighted by Gasteiger charge is -2.30. The van der Waals surface area contributed by atoms with Crippen molar-refractivity contribution < 1.29 is 22.7 Å². The van der Waals surface area contributed by atoms with Crippen LogP contribution in [0.4, 0.5) is 0 Å². The first kappa shape index (κ1) is 22.1. The second-order valence-electron chi connectivity index (χ2n) is 8.13. The van der Waals surface area contributed by atoms with E-state index in [9.17, 15) is 18.0 Å². The Balaban J connectivity index is 1.66. The number of benzene rings is 1. The topological polar surface area (TPSA) is 96.0 Å². The van der Waals surface area contributed by atoms with Gasteiger partial charge in [-0.1, -0.05) is 37.1 Å². The summed E-state index contributed by atoms with van der Waals surface area (Å²) in [6, 6.07) is 6.47. The number of ether oxygens (including phenoxy) is 1. The summed E-state index contributed by atoms with van der Waals surface area (Å²) in [4.78, 5) is 30.2. The summed E-state index contributed by atoms with van der Waals surface area (Å²) in [6.07, 6.45) is 3.79. The number of fused-ring (bicyclic) bond motifs is 1. The van der Waals surface area contributed by atoms with Crippen molar-refractivity contribution in [2.24, 2.45) is 0 Å². The smallest absolute Gasteiger partial charge is 0.246 e. The zero-order valence-corrected chi connectivity index (χ0v) is 18.5. The highest BCUT2D eigenvalue weighted by molar-refractivity contribution is 7.94. The highest BCUT2D eigenvalue weighted by atomic mass is 32.2. The minimum atomic E-state index is -4.16. The van der Waals surface area contributed by atoms with Crippen molar-refractivity contribution in [1.29, 1.82) is 0 Å². The summed E-state index contributed by atoms with van der Waals surface area (Å²) in [5.41, 5.74) is 0.461. The molecule has 0 unspecified atom stereocenters. The lowest BCUT2D eigenvalue weighted by atomic mass is 9.91. The van der Waals surface area contributed by atoms with E-state index in [1.165, 1.54) is 6.07 Å². The number of hydrogen-bond acceptors (Lipinski definition) is 7. The van der Waals surface area contributed by atoms with E-state index >= 15 is 0 Å². The van der Waals surface area contributed by atoms with Gasteiger partial charge in [-0.2, -0.15) is 0 Å². The minimum Gasteiger partial charge on any atom is -0.379 e. The van der Waals surface area contributed by atoms with Crippen LogP contribution in [0.5, 0.6) is 0 Å². The third-order valence-electron chi connectivity index (χ3n) is 6.07. The van der Waals surface area contributed by atoms with Gasteiger partial charge in [0.2, 0.25) is 21.6 Å². The Hall–Kier alpha value is -2.07. The Bertz CT molecular complexity index is 975. The highest BCUT2D eigenvalue weighted by Crippen LogP contribution is 2.32. The molecule has 3 aliphatic rings. The second-order valence-corrected chi connectivity index (χ2v) is 9.84. The fourth-order valence-corrected chi connectivity index (χ4v) is 5.74. The molecule has 1 N–H and O–H groups in total. The van der Waals surface area contributed by atoms with E-state index in [-0.39, 0.29) is 29.2 Å². The molecular weight excluding hydrogens is 418 g/mol. The Morgan fingerprint density at radius 1 is 0.871 bits per heavy atom. The van der Waals surface area contributed by atoms with E-state index in [0.717, 1.165) is 38.8 Å². The number of carbonyl (C=O) groups is 2. The molecule has 31 heavy (non-hydrogen) atoms. The summed E-state index contributed by atoms with van der Waals surface area (Å²) in [5.74, 6) is -0.987. The summed E-state index contributed by atoms with van der Waals surface area (Å²) in [7, 11) is -4.16. The molecule has 0 atom stereocenters. The van der Waals surface area contributed by atoms with E-state index in [1.54, 1.807) is 23.1 Å². The van der Waals surface area contributed by atoms with E-state index in [1.807, 2.05) is 0 Å². The average molecular weight is 448 g/mol. The molecule has 8 nitrogen and oxygen atoms in total. The molecule has 1 aromatic rings. The molecule has 0 aromatic heterocycles. The molecule has 1 aromatic carbocycles. The molecule has 0 amide bonds. The zero-order valence-electron chi connectivity index (χ0n) is 17.6. The standard InChI is InChI=1S/C22H29N3O5S/c26-20-17-7-3-4-8-18(17)21(27)22(19(20)25-10-5-1-2-6-11-25)31(28,29)23-9-12-24-13-15-30-16-14-24/h3-4,7-8,23H,1-2,5-6,9-16H2. The van der Waals surface area contributed by atoms with Gasteiger partial charge in [-0.15, -0.1) is 0 Å². The van der Waals surface area contributed by atoms with Crippen molar-refractivity contribution in [3.05, 3.63) is 46.0 Å². The summed E-state index contributed by atoms with van der Waals surface area (Å²) in [6.45, 7) is 4.58. The first-order valence-electron chi connectivity index (χ1n) is 11.0. The van der Waals surface area contributed by atoms with Gasteiger partial charge in [0, 0.05) is 50.4 Å². The van der Waals surface area contributed by atoms with Gasteiger partial charge in [0.05, 0.1) is 13.2 Å². The van der Waals surface area contributed by atoms with Gasteiger partial charge in [0.25, 0.3) is 0 Å². The second kappa shape index (κ2) is 9.60. The number of Topliss-reactive ketones (excluding diaryl/α,β-unsaturated/α-hetero) is 2. The summed E-state index contributed by atoms with van der Waals surface area (Å²) >= 11 is 0. The lowest BCUT2D eigenvalue weighted by Crippen LogP contribution is -2.43. The third-order valence-corrected chi connectivity index (χ3v) is 7.57. The maximum Gasteiger partial charge on any atom is 0.246 e. The van der Waals surface area contributed by atoms with Gasteiger partial charge < -0.3 is 9.64 Å². The van der Waals surface area contributed by atoms with E-state index in [4.69, 9.17) is 4.74 Å². The number of likely N-dealkylation sites (tertiary alicyclic amines) is 1. The van der Waals surface area contributed by atoms with Crippen molar-refractivity contribution in [3.63, 3.8) is 0 Å². The minimum absolute atomic E-state index is 0.0319. The Morgan fingerprint density at radius 2 is 1.48 bits per heavy atom. The molecule has 0 radical (unpaired) electrons. The lowest BCUT2D eigenvalue weighted by molar-refractivity contribution is 0.0390. The van der Waals surface area contributed by atoms with Crippen LogP contribution < -0.4 is 4.72 Å². The number of hydrogen-bond donors (Lipinski definition) is 1. The van der Waals surface area contributed by atoms with Crippen LogP contribution in [-0.4, -0.2) is 82.3 Å². The number of nitrogens with one attached hydrogen (secondary N) is 1. The normalized spacial score (nSPS) is 21.2. The largest absolute Gasteiger partial charge is 0.379 e. The first-order valence-corrected chi connectivity index (χ1v) is 12.4. The third kappa shape index (κ3) is 4.74. The molecule has 0 saturated carbocycles. The van der Waals surface area contributed by atoms with Gasteiger partial charge in [0.1, 0.15) is 5.70 Å². The average Bonchev–Trinajstić information content (AvgIpc) is 3.06. The zero-order chi connectivity index (χ0) is 21.8. The fraction of sp³-hybridized carbons (Fsp3) is 0.545. The maximum atomic E-state index is 13.4. The van der Waals surface area contributed by atoms with Crippen LogP contribution >= 0.6 is 0 Å². The number of allylic oxidation sites excluding steroid dienone is 2. The predicted octanol–water partition coefficient (Wildman–Crippen LogP) is 1.40. The summed E-state index contributed by atoms with van der Waals surface area (Å²) in [5, 5.41) is 0. The molecule has 2 aliphatic heterocycles. The van der Waals surface area contributed by atoms with E-state index in [2.05, 4.69) is 9.62 Å². The highest BCUT2D eigenvalue weighted by Gasteiger charge is 2.41. The van der Waals surface area contributed by atoms with Crippen LogP contribution in [0.25, 0.3) is 0 Å². The van der Waals surface area contributed by atoms with Crippen molar-refractivity contribution in [3.8, 4) is 0 Å². The van der Waals surface area contributed by atoms with Crippen LogP contribution in [0.1, 0.15) is 46.4 Å². The van der Waals surface area contributed by atoms with Gasteiger partial charge in [-0.25, -0.2) is 13.1 Å². The van der Waals surface area contributed by atoms with Gasteiger partial charge in [0.15, 0.2) is 4.91 Å².